The van der Waals surface area contributed by atoms with Crippen LogP contribution in [-0.2, 0) is 17.1 Å². The van der Waals surface area contributed by atoms with E-state index in [1.54, 1.807) is 7.05 Å². The zero-order chi connectivity index (χ0) is 15.6. The Morgan fingerprint density at radius 2 is 1.95 bits per heavy atom. The number of hydrogen-bond donors (Lipinski definition) is 1. The summed E-state index contributed by atoms with van der Waals surface area (Å²) in [7, 11) is -2.38. The van der Waals surface area contributed by atoms with Crippen molar-refractivity contribution in [1.82, 2.24) is 9.78 Å². The molecule has 21 heavy (non-hydrogen) atoms. The average Bonchev–Trinajstić information content (AvgIpc) is 2.77. The fraction of sp³-hybridized carbons (Fsp3) is 0.0833. The summed E-state index contributed by atoms with van der Waals surface area (Å²) < 4.78 is 28.0. The fourth-order valence-corrected chi connectivity index (χ4v) is 2.92. The van der Waals surface area contributed by atoms with Crippen LogP contribution in [-0.4, -0.2) is 18.2 Å². The molecular formula is C12H8ClN5O2S. The van der Waals surface area contributed by atoms with Crippen LogP contribution in [0.4, 0.5) is 5.82 Å². The Labute approximate surface area is 126 Å². The molecule has 0 saturated heterocycles. The second-order valence-electron chi connectivity index (χ2n) is 4.04. The maximum absolute atomic E-state index is 12.2. The first-order valence-electron chi connectivity index (χ1n) is 5.53. The molecule has 0 atom stereocenters. The van der Waals surface area contributed by atoms with E-state index in [2.05, 4.69) is 9.82 Å². The first-order valence-corrected chi connectivity index (χ1v) is 7.39. The molecule has 1 heterocycles. The van der Waals surface area contributed by atoms with Gasteiger partial charge >= 0.3 is 0 Å². The molecule has 0 aliphatic rings. The number of sulfonamides is 1. The molecule has 0 aliphatic carbocycles. The molecule has 106 valence electrons. The van der Waals surface area contributed by atoms with Crippen LogP contribution in [0.2, 0.25) is 5.02 Å². The van der Waals surface area contributed by atoms with Gasteiger partial charge in [-0.05, 0) is 18.2 Å². The van der Waals surface area contributed by atoms with Crippen LogP contribution in [0.25, 0.3) is 0 Å². The number of anilines is 1. The predicted octanol–water partition coefficient (Wildman–Crippen LogP) is 1.62. The van der Waals surface area contributed by atoms with Gasteiger partial charge in [0.25, 0.3) is 10.0 Å². The van der Waals surface area contributed by atoms with Crippen molar-refractivity contribution in [2.75, 3.05) is 4.72 Å². The van der Waals surface area contributed by atoms with Crippen LogP contribution >= 0.6 is 11.6 Å². The number of hydrogen-bond acceptors (Lipinski definition) is 5. The number of rotatable bonds is 3. The second-order valence-corrected chi connectivity index (χ2v) is 6.13. The van der Waals surface area contributed by atoms with E-state index in [4.69, 9.17) is 22.1 Å². The van der Waals surface area contributed by atoms with Crippen molar-refractivity contribution in [2.45, 2.75) is 4.90 Å². The zero-order valence-electron chi connectivity index (χ0n) is 10.7. The van der Waals surface area contributed by atoms with E-state index < -0.39 is 10.0 Å². The van der Waals surface area contributed by atoms with Gasteiger partial charge in [0.1, 0.15) is 17.7 Å². The standard InChI is InChI=1S/C12H8ClN5O2S/c1-18-7-9(6-15)12(16-18)17-21(19,20)10-3-2-8(5-14)11(13)4-10/h2-4,7H,1H3,(H,16,17). The molecule has 1 aromatic heterocycles. The van der Waals surface area contributed by atoms with Gasteiger partial charge < -0.3 is 0 Å². The van der Waals surface area contributed by atoms with E-state index in [-0.39, 0.29) is 26.9 Å². The summed E-state index contributed by atoms with van der Waals surface area (Å²) in [5.74, 6) is -0.0690. The second kappa shape index (κ2) is 5.44. The van der Waals surface area contributed by atoms with E-state index in [9.17, 15) is 8.42 Å². The smallest absolute Gasteiger partial charge is 0.263 e. The first-order chi connectivity index (χ1) is 9.87. The fourth-order valence-electron chi connectivity index (χ4n) is 1.59. The van der Waals surface area contributed by atoms with E-state index in [1.807, 2.05) is 12.1 Å². The number of halogens is 1. The van der Waals surface area contributed by atoms with Gasteiger partial charge in [-0.1, -0.05) is 11.6 Å². The number of aromatic nitrogens is 2. The summed E-state index contributed by atoms with van der Waals surface area (Å²) in [5.41, 5.74) is 0.270. The van der Waals surface area contributed by atoms with Gasteiger partial charge in [0.05, 0.1) is 15.5 Å². The highest BCUT2D eigenvalue weighted by atomic mass is 35.5. The van der Waals surface area contributed by atoms with Gasteiger partial charge in [-0.15, -0.1) is 0 Å². The molecule has 0 radical (unpaired) electrons. The molecule has 2 rings (SSSR count). The van der Waals surface area contributed by atoms with Crippen molar-refractivity contribution in [2.24, 2.45) is 7.05 Å². The molecule has 0 amide bonds. The van der Waals surface area contributed by atoms with Crippen molar-refractivity contribution in [1.29, 1.82) is 10.5 Å². The third-order valence-corrected chi connectivity index (χ3v) is 4.20. The first kappa shape index (κ1) is 14.9. The maximum atomic E-state index is 12.2. The Morgan fingerprint density at radius 1 is 1.29 bits per heavy atom. The molecule has 0 saturated carbocycles. The largest absolute Gasteiger partial charge is 0.272 e. The highest BCUT2D eigenvalue weighted by Crippen LogP contribution is 2.22. The third-order valence-electron chi connectivity index (χ3n) is 2.55. The van der Waals surface area contributed by atoms with Crippen LogP contribution in [0.15, 0.2) is 29.3 Å². The van der Waals surface area contributed by atoms with Gasteiger partial charge in [-0.3, -0.25) is 9.40 Å². The number of nitrogens with one attached hydrogen (secondary N) is 1. The summed E-state index contributed by atoms with van der Waals surface area (Å²) in [6, 6.07) is 7.40. The van der Waals surface area contributed by atoms with Crippen molar-refractivity contribution in [3.05, 3.63) is 40.5 Å². The third kappa shape index (κ3) is 2.97. The van der Waals surface area contributed by atoms with E-state index in [0.29, 0.717) is 0 Å². The lowest BCUT2D eigenvalue weighted by Gasteiger charge is -2.06. The predicted molar refractivity (Wildman–Crippen MR) is 74.9 cm³/mol. The lowest BCUT2D eigenvalue weighted by Crippen LogP contribution is -2.14. The molecule has 0 unspecified atom stereocenters. The van der Waals surface area contributed by atoms with Crippen LogP contribution in [0.3, 0.4) is 0 Å². The molecule has 1 N–H and O–H groups in total. The van der Waals surface area contributed by atoms with E-state index >= 15 is 0 Å². The number of benzene rings is 1. The lowest BCUT2D eigenvalue weighted by molar-refractivity contribution is 0.601. The van der Waals surface area contributed by atoms with Crippen molar-refractivity contribution in [3.63, 3.8) is 0 Å². The average molecular weight is 322 g/mol. The molecule has 0 spiro atoms. The zero-order valence-corrected chi connectivity index (χ0v) is 12.3. The van der Waals surface area contributed by atoms with Crippen LogP contribution in [0.5, 0.6) is 0 Å². The number of nitrogens with zero attached hydrogens (tertiary/aromatic N) is 4. The summed E-state index contributed by atoms with van der Waals surface area (Å²) >= 11 is 5.81. The Balaban J connectivity index is 2.42. The van der Waals surface area contributed by atoms with Crippen molar-refractivity contribution >= 4 is 27.4 Å². The Hall–Kier alpha value is -2.55. The number of nitriles is 2. The van der Waals surface area contributed by atoms with Crippen LogP contribution in [0, 0.1) is 22.7 Å². The molecule has 0 aliphatic heterocycles. The molecule has 9 heteroatoms. The monoisotopic (exact) mass is 321 g/mol. The molecule has 0 bridgehead atoms. The normalized spacial score (nSPS) is 10.7. The van der Waals surface area contributed by atoms with E-state index in [1.165, 1.54) is 23.0 Å². The van der Waals surface area contributed by atoms with E-state index in [0.717, 1.165) is 6.07 Å². The molecule has 7 nitrogen and oxygen atoms in total. The summed E-state index contributed by atoms with van der Waals surface area (Å²) in [6.45, 7) is 0. The van der Waals surface area contributed by atoms with Crippen molar-refractivity contribution < 1.29 is 8.42 Å². The summed E-state index contributed by atoms with van der Waals surface area (Å²) in [5, 5.41) is 21.6. The molecule has 1 aromatic carbocycles. The SMILES string of the molecule is Cn1cc(C#N)c(NS(=O)(=O)c2ccc(C#N)c(Cl)c2)n1. The molecule has 0 fully saturated rings. The van der Waals surface area contributed by atoms with Crippen LogP contribution < -0.4 is 4.72 Å². The Morgan fingerprint density at radius 3 is 2.52 bits per heavy atom. The quantitative estimate of drug-likeness (QED) is 0.923. The maximum Gasteiger partial charge on any atom is 0.263 e. The minimum Gasteiger partial charge on any atom is -0.272 e. The summed E-state index contributed by atoms with van der Waals surface area (Å²) in [4.78, 5) is -0.124. The number of aryl methyl sites for hydroxylation is 1. The highest BCUT2D eigenvalue weighted by Gasteiger charge is 2.19. The Bertz CT molecular complexity index is 889. The minimum atomic E-state index is -3.95. The lowest BCUT2D eigenvalue weighted by atomic mass is 10.2. The highest BCUT2D eigenvalue weighted by molar-refractivity contribution is 7.92. The summed E-state index contributed by atoms with van der Waals surface area (Å²) in [6.07, 6.45) is 1.39. The Kier molecular flexibility index (Phi) is 3.85. The van der Waals surface area contributed by atoms with Gasteiger partial charge in [0.2, 0.25) is 0 Å². The minimum absolute atomic E-state index is 0.0295. The molecular weight excluding hydrogens is 314 g/mol. The van der Waals surface area contributed by atoms with Crippen LogP contribution in [0.1, 0.15) is 11.1 Å². The van der Waals surface area contributed by atoms with Gasteiger partial charge in [-0.25, -0.2) is 8.42 Å². The van der Waals surface area contributed by atoms with Gasteiger partial charge in [0, 0.05) is 13.2 Å². The van der Waals surface area contributed by atoms with Crippen molar-refractivity contribution in [3.8, 4) is 12.1 Å². The van der Waals surface area contributed by atoms with Gasteiger partial charge in [-0.2, -0.15) is 15.6 Å². The van der Waals surface area contributed by atoms with Gasteiger partial charge in [0.15, 0.2) is 5.82 Å². The molecule has 2 aromatic rings. The topological polar surface area (TPSA) is 112 Å².